The van der Waals surface area contributed by atoms with E-state index in [9.17, 15) is 4.39 Å². The Labute approximate surface area is 107 Å². The summed E-state index contributed by atoms with van der Waals surface area (Å²) in [6.45, 7) is 3.99. The van der Waals surface area contributed by atoms with Gasteiger partial charge in [0.25, 0.3) is 0 Å². The fourth-order valence-electron chi connectivity index (χ4n) is 1.48. The number of rotatable bonds is 5. The fourth-order valence-corrected chi connectivity index (χ4v) is 1.48. The van der Waals surface area contributed by atoms with E-state index in [1.165, 1.54) is 0 Å². The Balaban J connectivity index is 2.80. The van der Waals surface area contributed by atoms with Crippen LogP contribution in [-0.2, 0) is 11.4 Å². The van der Waals surface area contributed by atoms with Gasteiger partial charge in [0.15, 0.2) is 11.7 Å². The highest BCUT2D eigenvalue weighted by molar-refractivity contribution is 6.03. The van der Waals surface area contributed by atoms with E-state index in [1.54, 1.807) is 24.3 Å². The molecule has 0 aliphatic heterocycles. The van der Waals surface area contributed by atoms with E-state index in [4.69, 9.17) is 10.1 Å². The number of nitrogens with zero attached hydrogens (tertiary/aromatic N) is 1. The predicted molar refractivity (Wildman–Crippen MR) is 72.1 cm³/mol. The van der Waals surface area contributed by atoms with E-state index in [2.05, 4.69) is 4.99 Å². The van der Waals surface area contributed by atoms with Gasteiger partial charge in [0.05, 0.1) is 6.61 Å². The molecule has 0 heterocycles. The third-order valence-electron chi connectivity index (χ3n) is 2.39. The van der Waals surface area contributed by atoms with Gasteiger partial charge in [-0.25, -0.2) is 4.39 Å². The molecule has 18 heavy (non-hydrogen) atoms. The van der Waals surface area contributed by atoms with Gasteiger partial charge in [-0.1, -0.05) is 31.2 Å². The molecular weight excluding hydrogens is 231 g/mol. The summed E-state index contributed by atoms with van der Waals surface area (Å²) < 4.78 is 17.7. The summed E-state index contributed by atoms with van der Waals surface area (Å²) in [5.41, 5.74) is 1.27. The average Bonchev–Trinajstić information content (AvgIpc) is 2.39. The number of amidine groups is 1. The monoisotopic (exact) mass is 250 g/mol. The summed E-state index contributed by atoms with van der Waals surface area (Å²) in [5, 5.41) is 7.88. The lowest BCUT2D eigenvalue weighted by Gasteiger charge is -2.07. The fraction of sp³-hybridized carbons (Fsp3) is 0.429. The molecule has 4 heteroatoms. The van der Waals surface area contributed by atoms with Crippen molar-refractivity contribution in [3.05, 3.63) is 35.4 Å². The van der Waals surface area contributed by atoms with Crippen LogP contribution in [0.2, 0.25) is 0 Å². The molecule has 0 saturated heterocycles. The molecule has 0 aromatic heterocycles. The van der Waals surface area contributed by atoms with Crippen LogP contribution in [0.15, 0.2) is 29.3 Å². The van der Waals surface area contributed by atoms with Crippen molar-refractivity contribution in [3.8, 4) is 0 Å². The van der Waals surface area contributed by atoms with E-state index in [1.807, 2.05) is 13.8 Å². The van der Waals surface area contributed by atoms with Crippen LogP contribution in [0, 0.1) is 5.41 Å². The van der Waals surface area contributed by atoms with Gasteiger partial charge in [0.1, 0.15) is 6.67 Å². The Kier molecular flexibility index (Phi) is 6.05. The average molecular weight is 250 g/mol. The summed E-state index contributed by atoms with van der Waals surface area (Å²) in [7, 11) is 0. The Morgan fingerprint density at radius 2 is 1.94 bits per heavy atom. The zero-order valence-corrected chi connectivity index (χ0v) is 10.9. The molecule has 3 nitrogen and oxygen atoms in total. The van der Waals surface area contributed by atoms with Crippen LogP contribution in [0.3, 0.4) is 0 Å². The summed E-state index contributed by atoms with van der Waals surface area (Å²) in [6, 6.07) is 6.74. The van der Waals surface area contributed by atoms with Crippen LogP contribution in [0.25, 0.3) is 0 Å². The Morgan fingerprint density at radius 1 is 1.28 bits per heavy atom. The van der Waals surface area contributed by atoms with Crippen LogP contribution in [0.1, 0.15) is 37.8 Å². The number of alkyl halides is 1. The number of aliphatic imine (C=N–C) groups is 1. The quantitative estimate of drug-likeness (QED) is 0.628. The van der Waals surface area contributed by atoms with Gasteiger partial charge in [-0.2, -0.15) is 4.99 Å². The molecule has 0 unspecified atom stereocenters. The lowest BCUT2D eigenvalue weighted by Crippen LogP contribution is -2.08. The number of hydrogen-bond acceptors (Lipinski definition) is 2. The van der Waals surface area contributed by atoms with Gasteiger partial charge in [-0.3, -0.25) is 5.41 Å². The molecule has 0 fully saturated rings. The van der Waals surface area contributed by atoms with Gasteiger partial charge in [0, 0.05) is 12.0 Å². The van der Waals surface area contributed by atoms with Crippen molar-refractivity contribution in [1.82, 2.24) is 0 Å². The van der Waals surface area contributed by atoms with E-state index in [-0.39, 0.29) is 5.84 Å². The van der Waals surface area contributed by atoms with E-state index >= 15 is 0 Å². The molecule has 1 N–H and O–H groups in total. The van der Waals surface area contributed by atoms with Crippen LogP contribution in [-0.4, -0.2) is 18.3 Å². The molecular formula is C14H19FN2O. The predicted octanol–water partition coefficient (Wildman–Crippen LogP) is 3.72. The molecule has 0 aliphatic carbocycles. The third kappa shape index (κ3) is 4.28. The maximum Gasteiger partial charge on any atom is 0.189 e. The van der Waals surface area contributed by atoms with Crippen molar-refractivity contribution in [2.24, 2.45) is 4.99 Å². The van der Waals surface area contributed by atoms with Crippen molar-refractivity contribution in [1.29, 1.82) is 5.41 Å². The number of benzene rings is 1. The largest absolute Gasteiger partial charge is 0.481 e. The minimum atomic E-state index is -0.489. The van der Waals surface area contributed by atoms with Gasteiger partial charge < -0.3 is 4.74 Å². The second kappa shape index (κ2) is 7.58. The second-order valence-electron chi connectivity index (χ2n) is 3.87. The number of ether oxygens (including phenoxy) is 1. The number of nitrogens with one attached hydrogen (secondary N) is 1. The summed E-state index contributed by atoms with van der Waals surface area (Å²) in [5.74, 6) is 0.733. The first-order valence-electron chi connectivity index (χ1n) is 6.15. The number of hydrogen-bond donors (Lipinski definition) is 1. The third-order valence-corrected chi connectivity index (χ3v) is 2.39. The van der Waals surface area contributed by atoms with Crippen molar-refractivity contribution in [2.45, 2.75) is 33.4 Å². The highest BCUT2D eigenvalue weighted by atomic mass is 19.1. The van der Waals surface area contributed by atoms with Crippen LogP contribution < -0.4 is 0 Å². The van der Waals surface area contributed by atoms with Gasteiger partial charge in [-0.05, 0) is 18.9 Å². The molecule has 1 aromatic rings. The Morgan fingerprint density at radius 3 is 2.44 bits per heavy atom. The van der Waals surface area contributed by atoms with E-state index in [0.717, 1.165) is 12.8 Å². The topological polar surface area (TPSA) is 45.4 Å². The van der Waals surface area contributed by atoms with Crippen molar-refractivity contribution >= 4 is 11.7 Å². The second-order valence-corrected chi connectivity index (χ2v) is 3.87. The van der Waals surface area contributed by atoms with Crippen LogP contribution in [0.4, 0.5) is 4.39 Å². The zero-order valence-electron chi connectivity index (χ0n) is 10.9. The van der Waals surface area contributed by atoms with Crippen molar-refractivity contribution < 1.29 is 9.13 Å². The smallest absolute Gasteiger partial charge is 0.189 e. The maximum absolute atomic E-state index is 12.4. The standard InChI is InChI=1S/C14H19FN2O/c1-3-5-13(18-4-2)17-14(16)12-8-6-11(10-15)7-9-12/h6-9,16H,3-5,10H2,1-2H3. The van der Waals surface area contributed by atoms with Gasteiger partial charge >= 0.3 is 0 Å². The first kappa shape index (κ1) is 14.4. The molecule has 0 amide bonds. The Bertz CT molecular complexity index is 404. The SMILES string of the molecule is CCCC(=NC(=N)c1ccc(CF)cc1)OCC. The van der Waals surface area contributed by atoms with Crippen molar-refractivity contribution in [3.63, 3.8) is 0 Å². The maximum atomic E-state index is 12.4. The van der Waals surface area contributed by atoms with Gasteiger partial charge in [0.2, 0.25) is 0 Å². The first-order chi connectivity index (χ1) is 8.71. The molecule has 0 spiro atoms. The van der Waals surface area contributed by atoms with E-state index < -0.39 is 6.67 Å². The number of halogens is 1. The molecule has 0 saturated carbocycles. The van der Waals surface area contributed by atoms with Crippen LogP contribution >= 0.6 is 0 Å². The minimum Gasteiger partial charge on any atom is -0.481 e. The van der Waals surface area contributed by atoms with Crippen LogP contribution in [0.5, 0.6) is 0 Å². The van der Waals surface area contributed by atoms with Gasteiger partial charge in [-0.15, -0.1) is 0 Å². The summed E-state index contributed by atoms with van der Waals surface area (Å²) in [6.07, 6.45) is 1.64. The molecule has 98 valence electrons. The highest BCUT2D eigenvalue weighted by Gasteiger charge is 2.04. The van der Waals surface area contributed by atoms with Crippen molar-refractivity contribution in [2.75, 3.05) is 6.61 Å². The molecule has 0 atom stereocenters. The molecule has 0 bridgehead atoms. The lowest BCUT2D eigenvalue weighted by atomic mass is 10.1. The normalized spacial score (nSPS) is 11.4. The van der Waals surface area contributed by atoms with E-state index in [0.29, 0.717) is 23.6 Å². The summed E-state index contributed by atoms with van der Waals surface area (Å²) >= 11 is 0. The molecule has 1 rings (SSSR count). The zero-order chi connectivity index (χ0) is 13.4. The highest BCUT2D eigenvalue weighted by Crippen LogP contribution is 2.08. The Hall–Kier alpha value is -1.71. The summed E-state index contributed by atoms with van der Waals surface area (Å²) in [4.78, 5) is 4.17. The minimum absolute atomic E-state index is 0.150. The molecule has 0 aliphatic rings. The first-order valence-corrected chi connectivity index (χ1v) is 6.15. The molecule has 1 aromatic carbocycles. The lowest BCUT2D eigenvalue weighted by molar-refractivity contribution is 0.317. The molecule has 0 radical (unpaired) electrons.